The summed E-state index contributed by atoms with van der Waals surface area (Å²) in [5, 5.41) is 20.1. The predicted octanol–water partition coefficient (Wildman–Crippen LogP) is 7.16. The lowest BCUT2D eigenvalue weighted by Gasteiger charge is -2.25. The molecule has 1 aliphatic rings. The van der Waals surface area contributed by atoms with Crippen molar-refractivity contribution in [2.24, 2.45) is 5.10 Å². The number of rotatable bonds is 6. The number of hydrogen-bond donors (Lipinski definition) is 1. The number of para-hydroxylation sites is 3. The average Bonchev–Trinajstić information content (AvgIpc) is 3.74. The third-order valence-electron chi connectivity index (χ3n) is 6.48. The molecule has 6 rings (SSSR count). The van der Waals surface area contributed by atoms with Crippen LogP contribution in [0.25, 0.3) is 16.9 Å². The lowest BCUT2D eigenvalue weighted by Crippen LogP contribution is -2.31. The highest BCUT2D eigenvalue weighted by atomic mass is 32.1. The molecule has 6 nitrogen and oxygen atoms in total. The summed E-state index contributed by atoms with van der Waals surface area (Å²) < 4.78 is 7.66. The quantitative estimate of drug-likeness (QED) is 0.234. The van der Waals surface area contributed by atoms with Crippen molar-refractivity contribution in [2.75, 3.05) is 12.4 Å². The summed E-state index contributed by atoms with van der Waals surface area (Å²) in [4.78, 5) is 0. The molecule has 1 atom stereocenters. The monoisotopic (exact) mass is 535 g/mol. The first-order valence-corrected chi connectivity index (χ1v) is 13.6. The van der Waals surface area contributed by atoms with Crippen LogP contribution in [-0.2, 0) is 0 Å². The molecule has 3 heterocycles. The highest BCUT2D eigenvalue weighted by molar-refractivity contribution is 7.80. The van der Waals surface area contributed by atoms with Crippen LogP contribution in [-0.4, -0.2) is 32.7 Å². The number of nitrogens with zero attached hydrogens (tertiary/aromatic N) is 4. The molecular formula is C30H25N5OS2. The predicted molar refractivity (Wildman–Crippen MR) is 158 cm³/mol. The maximum atomic E-state index is 5.92. The summed E-state index contributed by atoms with van der Waals surface area (Å²) in [6.07, 6.45) is 2.78. The van der Waals surface area contributed by atoms with Crippen LogP contribution in [0, 0.1) is 0 Å². The topological polar surface area (TPSA) is 54.7 Å². The SMILES string of the molecule is COc1ccccc1-c1nn(-c2ccccc2)cc1C1CC(c2ccsc2)=NN1C(=S)Nc1ccccc1. The molecule has 0 amide bonds. The minimum atomic E-state index is -0.161. The highest BCUT2D eigenvalue weighted by Gasteiger charge is 2.35. The molecule has 2 aromatic heterocycles. The van der Waals surface area contributed by atoms with Crippen molar-refractivity contribution in [3.8, 4) is 22.7 Å². The molecule has 38 heavy (non-hydrogen) atoms. The number of ether oxygens (including phenoxy) is 1. The van der Waals surface area contributed by atoms with E-state index in [-0.39, 0.29) is 6.04 Å². The second-order valence-electron chi connectivity index (χ2n) is 8.83. The van der Waals surface area contributed by atoms with Gasteiger partial charge in [0, 0.05) is 35.0 Å². The number of nitrogens with one attached hydrogen (secondary N) is 1. The Labute approximate surface area is 230 Å². The maximum absolute atomic E-state index is 5.92. The van der Waals surface area contributed by atoms with Gasteiger partial charge >= 0.3 is 0 Å². The Morgan fingerprint density at radius 1 is 0.974 bits per heavy atom. The standard InChI is InChI=1S/C30H25N5OS2/c1-36-28-15-9-8-14-24(28)29-25(19-34(33-29)23-12-6-3-7-13-23)27-18-26(21-16-17-38-20-21)32-35(27)30(37)31-22-10-4-2-5-11-22/h2-17,19-20,27H,18H2,1H3,(H,31,37). The van der Waals surface area contributed by atoms with E-state index in [9.17, 15) is 0 Å². The second-order valence-corrected chi connectivity index (χ2v) is 10.00. The van der Waals surface area contributed by atoms with E-state index in [0.29, 0.717) is 11.5 Å². The number of methoxy groups -OCH3 is 1. The molecule has 1 aliphatic heterocycles. The van der Waals surface area contributed by atoms with Crippen LogP contribution in [0.5, 0.6) is 5.75 Å². The van der Waals surface area contributed by atoms with E-state index in [1.165, 1.54) is 0 Å². The number of anilines is 1. The van der Waals surface area contributed by atoms with Crippen LogP contribution in [0.1, 0.15) is 23.6 Å². The zero-order chi connectivity index (χ0) is 25.9. The molecule has 188 valence electrons. The molecule has 0 aliphatic carbocycles. The fourth-order valence-corrected chi connectivity index (χ4v) is 5.59. The maximum Gasteiger partial charge on any atom is 0.194 e. The number of aromatic nitrogens is 2. The van der Waals surface area contributed by atoms with Gasteiger partial charge in [-0.3, -0.25) is 0 Å². The minimum absolute atomic E-state index is 0.161. The number of benzene rings is 3. The fraction of sp³-hybridized carbons (Fsp3) is 0.100. The Morgan fingerprint density at radius 3 is 2.45 bits per heavy atom. The first-order chi connectivity index (χ1) is 18.7. The lowest BCUT2D eigenvalue weighted by molar-refractivity contribution is 0.376. The third-order valence-corrected chi connectivity index (χ3v) is 7.45. The molecule has 0 saturated carbocycles. The van der Waals surface area contributed by atoms with Gasteiger partial charge in [-0.15, -0.1) is 0 Å². The van der Waals surface area contributed by atoms with Gasteiger partial charge < -0.3 is 10.1 Å². The van der Waals surface area contributed by atoms with Gasteiger partial charge in [0.05, 0.1) is 24.6 Å². The molecule has 0 saturated heterocycles. The Balaban J connectivity index is 1.47. The minimum Gasteiger partial charge on any atom is -0.496 e. The molecule has 0 bridgehead atoms. The van der Waals surface area contributed by atoms with Crippen molar-refractivity contribution in [2.45, 2.75) is 12.5 Å². The summed E-state index contributed by atoms with van der Waals surface area (Å²) in [6.45, 7) is 0. The first kappa shape index (κ1) is 24.1. The normalized spacial score (nSPS) is 14.8. The molecule has 0 radical (unpaired) electrons. The van der Waals surface area contributed by atoms with Crippen molar-refractivity contribution in [1.82, 2.24) is 14.8 Å². The fourth-order valence-electron chi connectivity index (χ4n) is 4.64. The van der Waals surface area contributed by atoms with E-state index in [2.05, 4.69) is 28.3 Å². The van der Waals surface area contributed by atoms with Crippen molar-refractivity contribution >= 4 is 40.1 Å². The summed E-state index contributed by atoms with van der Waals surface area (Å²) in [6, 6.07) is 30.0. The molecule has 3 aromatic carbocycles. The van der Waals surface area contributed by atoms with E-state index < -0.39 is 0 Å². The van der Waals surface area contributed by atoms with Crippen molar-refractivity contribution in [3.05, 3.63) is 119 Å². The van der Waals surface area contributed by atoms with Gasteiger partial charge in [-0.05, 0) is 65.4 Å². The van der Waals surface area contributed by atoms with Crippen LogP contribution in [0.3, 0.4) is 0 Å². The number of thiophene rings is 1. The molecular weight excluding hydrogens is 510 g/mol. The Hall–Kier alpha value is -4.27. The van der Waals surface area contributed by atoms with Crippen molar-refractivity contribution in [1.29, 1.82) is 0 Å². The molecule has 1 unspecified atom stereocenters. The van der Waals surface area contributed by atoms with Crippen LogP contribution < -0.4 is 10.1 Å². The van der Waals surface area contributed by atoms with E-state index in [1.54, 1.807) is 18.4 Å². The van der Waals surface area contributed by atoms with Crippen LogP contribution in [0.4, 0.5) is 5.69 Å². The molecule has 8 heteroatoms. The Kier molecular flexibility index (Phi) is 6.73. The first-order valence-electron chi connectivity index (χ1n) is 12.2. The largest absolute Gasteiger partial charge is 0.496 e. The van der Waals surface area contributed by atoms with Gasteiger partial charge in [-0.2, -0.15) is 21.5 Å². The molecule has 0 spiro atoms. The summed E-state index contributed by atoms with van der Waals surface area (Å²) in [5.41, 5.74) is 6.77. The zero-order valence-corrected chi connectivity index (χ0v) is 22.3. The third kappa shape index (κ3) is 4.71. The summed E-state index contributed by atoms with van der Waals surface area (Å²) in [5.74, 6) is 0.764. The number of hydrazone groups is 1. The van der Waals surface area contributed by atoms with Gasteiger partial charge in [-0.25, -0.2) is 9.69 Å². The second kappa shape index (κ2) is 10.6. The van der Waals surface area contributed by atoms with Gasteiger partial charge in [0.2, 0.25) is 0 Å². The van der Waals surface area contributed by atoms with Crippen molar-refractivity contribution in [3.63, 3.8) is 0 Å². The smallest absolute Gasteiger partial charge is 0.194 e. The zero-order valence-electron chi connectivity index (χ0n) is 20.7. The average molecular weight is 536 g/mol. The molecule has 0 fully saturated rings. The van der Waals surface area contributed by atoms with Gasteiger partial charge in [0.25, 0.3) is 0 Å². The van der Waals surface area contributed by atoms with Crippen LogP contribution in [0.15, 0.2) is 113 Å². The molecule has 1 N–H and O–H groups in total. The summed E-state index contributed by atoms with van der Waals surface area (Å²) in [7, 11) is 1.69. The van der Waals surface area contributed by atoms with Crippen molar-refractivity contribution < 1.29 is 4.74 Å². The Bertz CT molecular complexity index is 1580. The van der Waals surface area contributed by atoms with Crippen LogP contribution >= 0.6 is 23.6 Å². The van der Waals surface area contributed by atoms with E-state index >= 15 is 0 Å². The van der Waals surface area contributed by atoms with E-state index in [1.807, 2.05) is 94.6 Å². The number of hydrogen-bond acceptors (Lipinski definition) is 5. The van der Waals surface area contributed by atoms with Gasteiger partial charge in [-0.1, -0.05) is 48.5 Å². The molecule has 5 aromatic rings. The highest BCUT2D eigenvalue weighted by Crippen LogP contribution is 2.41. The van der Waals surface area contributed by atoms with Gasteiger partial charge in [0.15, 0.2) is 5.11 Å². The Morgan fingerprint density at radius 2 is 1.71 bits per heavy atom. The van der Waals surface area contributed by atoms with E-state index in [0.717, 1.165) is 45.2 Å². The van der Waals surface area contributed by atoms with Gasteiger partial charge in [0.1, 0.15) is 11.4 Å². The van der Waals surface area contributed by atoms with Crippen LogP contribution in [0.2, 0.25) is 0 Å². The lowest BCUT2D eigenvalue weighted by atomic mass is 9.97. The van der Waals surface area contributed by atoms with E-state index in [4.69, 9.17) is 27.2 Å². The summed E-state index contributed by atoms with van der Waals surface area (Å²) >= 11 is 7.58. The number of thiocarbonyl (C=S) groups is 1.